The van der Waals surface area contributed by atoms with Gasteiger partial charge in [0.15, 0.2) is 5.78 Å². The topological polar surface area (TPSA) is 43.4 Å². The van der Waals surface area contributed by atoms with Crippen LogP contribution in [0.25, 0.3) is 0 Å². The summed E-state index contributed by atoms with van der Waals surface area (Å²) < 4.78 is 6.12. The molecule has 3 nitrogen and oxygen atoms in total. The molecular weight excluding hydrogens is 288 g/mol. The highest BCUT2D eigenvalue weighted by atomic mass is 16.5. The standard InChI is InChI=1S/C20H28O3/c1-12(21)16-6-7-17-15-5-4-13-10-14(22)11-23-20(13,3)18(15)8-9-19(16,17)2/h10,15-18H,4-9,11H2,1-3H3/t15-,16+,17-,18-,19+,20-/m0/s1. The van der Waals surface area contributed by atoms with Gasteiger partial charge in [0.1, 0.15) is 12.4 Å². The number of hydrogen-bond acceptors (Lipinski definition) is 3. The summed E-state index contributed by atoms with van der Waals surface area (Å²) in [5, 5.41) is 0. The maximum atomic E-state index is 12.1. The normalized spacial score (nSPS) is 49.0. The average molecular weight is 316 g/mol. The summed E-state index contributed by atoms with van der Waals surface area (Å²) in [7, 11) is 0. The highest BCUT2D eigenvalue weighted by molar-refractivity contribution is 5.92. The number of carbonyl (C=O) groups excluding carboxylic acids is 2. The van der Waals surface area contributed by atoms with Crippen molar-refractivity contribution in [2.45, 2.75) is 64.9 Å². The van der Waals surface area contributed by atoms with Crippen molar-refractivity contribution in [1.82, 2.24) is 0 Å². The van der Waals surface area contributed by atoms with Crippen LogP contribution >= 0.6 is 0 Å². The Morgan fingerprint density at radius 2 is 1.96 bits per heavy atom. The predicted octanol–water partition coefficient (Wildman–Crippen LogP) is 3.71. The van der Waals surface area contributed by atoms with E-state index in [1.165, 1.54) is 12.0 Å². The monoisotopic (exact) mass is 316 g/mol. The zero-order valence-electron chi connectivity index (χ0n) is 14.6. The number of ether oxygens (including phenoxy) is 1. The van der Waals surface area contributed by atoms with E-state index in [9.17, 15) is 9.59 Å². The molecule has 3 saturated carbocycles. The Bertz CT molecular complexity index is 592. The Morgan fingerprint density at radius 1 is 1.17 bits per heavy atom. The molecule has 0 N–H and O–H groups in total. The highest BCUT2D eigenvalue weighted by Crippen LogP contribution is 2.64. The Balaban J connectivity index is 1.67. The van der Waals surface area contributed by atoms with Crippen LogP contribution in [0.3, 0.4) is 0 Å². The first-order valence-corrected chi connectivity index (χ1v) is 9.24. The quantitative estimate of drug-likeness (QED) is 0.740. The first-order chi connectivity index (χ1) is 10.9. The van der Waals surface area contributed by atoms with E-state index in [4.69, 9.17) is 4.74 Å². The lowest BCUT2D eigenvalue weighted by molar-refractivity contribution is -0.150. The van der Waals surface area contributed by atoms with Crippen molar-refractivity contribution in [2.24, 2.45) is 29.1 Å². The van der Waals surface area contributed by atoms with Crippen molar-refractivity contribution >= 4 is 11.6 Å². The number of rotatable bonds is 1. The van der Waals surface area contributed by atoms with Crippen LogP contribution in [0, 0.1) is 29.1 Å². The van der Waals surface area contributed by atoms with Gasteiger partial charge in [-0.15, -0.1) is 0 Å². The van der Waals surface area contributed by atoms with E-state index in [0.29, 0.717) is 23.5 Å². The van der Waals surface area contributed by atoms with E-state index in [2.05, 4.69) is 13.8 Å². The van der Waals surface area contributed by atoms with E-state index in [1.807, 2.05) is 6.08 Å². The van der Waals surface area contributed by atoms with Crippen LogP contribution in [-0.4, -0.2) is 23.8 Å². The third-order valence-electron chi connectivity index (χ3n) is 7.87. The summed E-state index contributed by atoms with van der Waals surface area (Å²) in [6, 6.07) is 0. The number of ketones is 2. The molecule has 0 aromatic rings. The summed E-state index contributed by atoms with van der Waals surface area (Å²) in [5.41, 5.74) is 1.17. The summed E-state index contributed by atoms with van der Waals surface area (Å²) in [4.78, 5) is 23.9. The SMILES string of the molecule is CC(=O)[C@H]1CC[C@H]2[C@@H]3CCC4=CC(=O)CO[C@]4(C)[C@H]3CC[C@]12C. The number of hydrogen-bond donors (Lipinski definition) is 0. The molecular formula is C20H28O3. The third-order valence-corrected chi connectivity index (χ3v) is 7.87. The number of Topliss-reactive ketones (excluding diaryl/α,β-unsaturated/α-hetero) is 1. The molecule has 0 aromatic heterocycles. The van der Waals surface area contributed by atoms with Crippen LogP contribution in [0.1, 0.15) is 59.3 Å². The van der Waals surface area contributed by atoms with E-state index in [0.717, 1.165) is 32.1 Å². The van der Waals surface area contributed by atoms with Gasteiger partial charge in [0.05, 0.1) is 5.60 Å². The molecule has 4 rings (SSSR count). The molecule has 23 heavy (non-hydrogen) atoms. The van der Waals surface area contributed by atoms with Gasteiger partial charge in [-0.05, 0) is 87.2 Å². The Kier molecular flexibility index (Phi) is 3.39. The average Bonchev–Trinajstić information content (AvgIpc) is 2.85. The lowest BCUT2D eigenvalue weighted by atomic mass is 9.51. The lowest BCUT2D eigenvalue weighted by Gasteiger charge is -2.57. The minimum atomic E-state index is -0.244. The Labute approximate surface area is 138 Å². The fourth-order valence-corrected chi connectivity index (χ4v) is 6.72. The molecule has 0 saturated heterocycles. The molecule has 0 bridgehead atoms. The number of fused-ring (bicyclic) bond motifs is 5. The molecule has 3 heteroatoms. The van der Waals surface area contributed by atoms with Crippen LogP contribution in [0.4, 0.5) is 0 Å². The molecule has 0 aromatic carbocycles. The zero-order chi connectivity index (χ0) is 16.4. The predicted molar refractivity (Wildman–Crippen MR) is 87.9 cm³/mol. The van der Waals surface area contributed by atoms with Gasteiger partial charge in [0.2, 0.25) is 0 Å². The van der Waals surface area contributed by atoms with Gasteiger partial charge in [-0.25, -0.2) is 0 Å². The van der Waals surface area contributed by atoms with Crippen molar-refractivity contribution < 1.29 is 14.3 Å². The largest absolute Gasteiger partial charge is 0.362 e. The van der Waals surface area contributed by atoms with Gasteiger partial charge < -0.3 is 4.74 Å². The maximum absolute atomic E-state index is 12.1. The molecule has 0 amide bonds. The molecule has 0 spiro atoms. The van der Waals surface area contributed by atoms with Gasteiger partial charge in [0, 0.05) is 5.92 Å². The minimum absolute atomic E-state index is 0.120. The van der Waals surface area contributed by atoms with Crippen molar-refractivity contribution in [2.75, 3.05) is 6.61 Å². The van der Waals surface area contributed by atoms with Crippen molar-refractivity contribution in [3.63, 3.8) is 0 Å². The highest BCUT2D eigenvalue weighted by Gasteiger charge is 2.60. The van der Waals surface area contributed by atoms with Crippen molar-refractivity contribution in [3.8, 4) is 0 Å². The second kappa shape index (κ2) is 5.02. The molecule has 3 aliphatic carbocycles. The second-order valence-corrected chi connectivity index (χ2v) is 8.73. The smallest absolute Gasteiger partial charge is 0.181 e. The van der Waals surface area contributed by atoms with E-state index < -0.39 is 0 Å². The molecule has 1 aliphatic heterocycles. The molecule has 126 valence electrons. The molecule has 0 unspecified atom stereocenters. The summed E-state index contributed by atoms with van der Waals surface area (Å²) in [5.74, 6) is 2.57. The number of carbonyl (C=O) groups is 2. The zero-order valence-corrected chi connectivity index (χ0v) is 14.6. The molecule has 6 atom stereocenters. The van der Waals surface area contributed by atoms with Crippen LogP contribution in [0.15, 0.2) is 11.6 Å². The van der Waals surface area contributed by atoms with Gasteiger partial charge in [-0.1, -0.05) is 6.92 Å². The Hall–Kier alpha value is -0.960. The summed E-state index contributed by atoms with van der Waals surface area (Å²) in [6.45, 7) is 6.60. The van der Waals surface area contributed by atoms with Gasteiger partial charge >= 0.3 is 0 Å². The van der Waals surface area contributed by atoms with Crippen LogP contribution in [-0.2, 0) is 14.3 Å². The van der Waals surface area contributed by atoms with Crippen LogP contribution in [0.2, 0.25) is 0 Å². The van der Waals surface area contributed by atoms with Crippen molar-refractivity contribution in [3.05, 3.63) is 11.6 Å². The molecule has 3 fully saturated rings. The molecule has 4 aliphatic rings. The van der Waals surface area contributed by atoms with E-state index >= 15 is 0 Å². The van der Waals surface area contributed by atoms with Crippen LogP contribution < -0.4 is 0 Å². The van der Waals surface area contributed by atoms with Crippen LogP contribution in [0.5, 0.6) is 0 Å². The first kappa shape index (κ1) is 15.6. The summed E-state index contributed by atoms with van der Waals surface area (Å²) >= 11 is 0. The van der Waals surface area contributed by atoms with Gasteiger partial charge in [-0.2, -0.15) is 0 Å². The fourth-order valence-electron chi connectivity index (χ4n) is 6.72. The second-order valence-electron chi connectivity index (χ2n) is 8.73. The van der Waals surface area contributed by atoms with Crippen molar-refractivity contribution in [1.29, 1.82) is 0 Å². The lowest BCUT2D eigenvalue weighted by Crippen LogP contribution is -2.55. The Morgan fingerprint density at radius 3 is 2.70 bits per heavy atom. The van der Waals surface area contributed by atoms with E-state index in [1.54, 1.807) is 6.92 Å². The minimum Gasteiger partial charge on any atom is -0.362 e. The first-order valence-electron chi connectivity index (χ1n) is 9.24. The molecule has 0 radical (unpaired) electrons. The fraction of sp³-hybridized carbons (Fsp3) is 0.800. The van der Waals surface area contributed by atoms with Gasteiger partial charge in [0.25, 0.3) is 0 Å². The third kappa shape index (κ3) is 2.05. The summed E-state index contributed by atoms with van der Waals surface area (Å²) in [6.07, 6.45) is 8.52. The maximum Gasteiger partial charge on any atom is 0.181 e. The molecule has 1 heterocycles. The van der Waals surface area contributed by atoms with E-state index in [-0.39, 0.29) is 29.3 Å². The van der Waals surface area contributed by atoms with Gasteiger partial charge in [-0.3, -0.25) is 9.59 Å².